The van der Waals surface area contributed by atoms with Crippen molar-refractivity contribution in [1.82, 2.24) is 0 Å². The van der Waals surface area contributed by atoms with Crippen LogP contribution in [0.5, 0.6) is 5.75 Å². The Morgan fingerprint density at radius 3 is 2.76 bits per heavy atom. The molecule has 0 unspecified atom stereocenters. The van der Waals surface area contributed by atoms with Crippen LogP contribution in [0.25, 0.3) is 0 Å². The smallest absolute Gasteiger partial charge is 0.273 e. The van der Waals surface area contributed by atoms with Gasteiger partial charge in [-0.1, -0.05) is 6.92 Å². The summed E-state index contributed by atoms with van der Waals surface area (Å²) in [6.07, 6.45) is 1.24. The molecule has 1 aromatic carbocycles. The summed E-state index contributed by atoms with van der Waals surface area (Å²) in [5.74, 6) is 0.391. The van der Waals surface area contributed by atoms with Crippen LogP contribution in [-0.2, 0) is 4.79 Å². The number of hydrogen-bond donors (Lipinski definition) is 0. The Morgan fingerprint density at radius 1 is 1.47 bits per heavy atom. The largest absolute Gasteiger partial charge is 0.485 e. The quantitative estimate of drug-likeness (QED) is 0.563. The summed E-state index contributed by atoms with van der Waals surface area (Å²) in [6.45, 7) is 3.66. The van der Waals surface area contributed by atoms with E-state index in [0.29, 0.717) is 12.2 Å². The number of non-ortho nitro benzene ring substituents is 1. The number of carbonyl (C=O) groups is 1. The Kier molecular flexibility index (Phi) is 4.63. The number of aryl methyl sites for hydroxylation is 1. The Bertz CT molecular complexity index is 429. The highest BCUT2D eigenvalue weighted by Gasteiger charge is 2.10. The van der Waals surface area contributed by atoms with E-state index in [1.165, 1.54) is 12.1 Å². The molecule has 1 rings (SSSR count). The van der Waals surface area contributed by atoms with Crippen LogP contribution in [0.3, 0.4) is 0 Å². The Hall–Kier alpha value is -1.91. The molecule has 0 aromatic heterocycles. The number of nitro benzene ring substituents is 1. The first kappa shape index (κ1) is 13.2. The van der Waals surface area contributed by atoms with E-state index in [9.17, 15) is 14.9 Å². The average Bonchev–Trinajstić information content (AvgIpc) is 2.28. The molecule has 92 valence electrons. The highest BCUT2D eigenvalue weighted by atomic mass is 16.6. The Labute approximate surface area is 99.5 Å². The maximum Gasteiger partial charge on any atom is 0.273 e. The van der Waals surface area contributed by atoms with Crippen LogP contribution in [0, 0.1) is 17.0 Å². The molecular weight excluding hydrogens is 222 g/mol. The van der Waals surface area contributed by atoms with Gasteiger partial charge in [0.2, 0.25) is 0 Å². The van der Waals surface area contributed by atoms with Crippen molar-refractivity contribution >= 4 is 11.5 Å². The van der Waals surface area contributed by atoms with E-state index >= 15 is 0 Å². The fourth-order valence-corrected chi connectivity index (χ4v) is 1.37. The molecule has 17 heavy (non-hydrogen) atoms. The lowest BCUT2D eigenvalue weighted by Gasteiger charge is -2.07. The second-order valence-corrected chi connectivity index (χ2v) is 3.78. The molecule has 0 fully saturated rings. The molecular formula is C12H15NO4. The number of Topliss-reactive ketones (excluding diaryl/α,β-unsaturated/α-hetero) is 1. The number of ether oxygens (including phenoxy) is 1. The van der Waals surface area contributed by atoms with Crippen molar-refractivity contribution in [3.8, 4) is 5.75 Å². The van der Waals surface area contributed by atoms with Gasteiger partial charge in [0.25, 0.3) is 5.69 Å². The van der Waals surface area contributed by atoms with Crippen LogP contribution >= 0.6 is 0 Å². The third kappa shape index (κ3) is 3.86. The van der Waals surface area contributed by atoms with E-state index in [0.717, 1.165) is 12.0 Å². The van der Waals surface area contributed by atoms with Crippen molar-refractivity contribution in [2.24, 2.45) is 0 Å². The lowest BCUT2D eigenvalue weighted by atomic mass is 10.2. The molecule has 0 spiro atoms. The summed E-state index contributed by atoms with van der Waals surface area (Å²) in [5, 5.41) is 10.6. The maximum absolute atomic E-state index is 11.3. The van der Waals surface area contributed by atoms with E-state index in [1.54, 1.807) is 13.0 Å². The molecule has 0 saturated carbocycles. The Balaban J connectivity index is 2.73. The number of nitro groups is 1. The summed E-state index contributed by atoms with van der Waals surface area (Å²) >= 11 is 0. The van der Waals surface area contributed by atoms with Crippen LogP contribution in [0.1, 0.15) is 25.3 Å². The van der Waals surface area contributed by atoms with Gasteiger partial charge in [-0.15, -0.1) is 0 Å². The minimum Gasteiger partial charge on any atom is -0.485 e. The first-order chi connectivity index (χ1) is 8.04. The standard InChI is InChI=1S/C12H15NO4/c1-3-4-11(14)8-17-12-7-10(13(15)16)6-5-9(12)2/h5-7H,3-4,8H2,1-2H3. The zero-order chi connectivity index (χ0) is 12.8. The molecule has 0 atom stereocenters. The zero-order valence-corrected chi connectivity index (χ0v) is 9.93. The SMILES string of the molecule is CCCC(=O)COc1cc([N+](=O)[O-])ccc1C. The summed E-state index contributed by atoms with van der Waals surface area (Å²) < 4.78 is 5.29. The van der Waals surface area contributed by atoms with E-state index < -0.39 is 4.92 Å². The van der Waals surface area contributed by atoms with Crippen molar-refractivity contribution in [3.63, 3.8) is 0 Å². The summed E-state index contributed by atoms with van der Waals surface area (Å²) in [6, 6.07) is 4.36. The second kappa shape index (κ2) is 5.98. The fourth-order valence-electron chi connectivity index (χ4n) is 1.37. The Morgan fingerprint density at radius 2 is 2.18 bits per heavy atom. The number of rotatable bonds is 6. The predicted molar refractivity (Wildman–Crippen MR) is 63.2 cm³/mol. The zero-order valence-electron chi connectivity index (χ0n) is 9.93. The molecule has 0 aliphatic heterocycles. The minimum absolute atomic E-state index is 0.00148. The van der Waals surface area contributed by atoms with Crippen molar-refractivity contribution in [2.75, 3.05) is 6.61 Å². The molecule has 0 aliphatic carbocycles. The molecule has 0 heterocycles. The summed E-state index contributed by atoms with van der Waals surface area (Å²) in [5.41, 5.74) is 0.744. The fraction of sp³-hybridized carbons (Fsp3) is 0.417. The van der Waals surface area contributed by atoms with E-state index in [-0.39, 0.29) is 18.1 Å². The van der Waals surface area contributed by atoms with Crippen molar-refractivity contribution in [1.29, 1.82) is 0 Å². The molecule has 0 aliphatic rings. The molecule has 5 heteroatoms. The van der Waals surface area contributed by atoms with Crippen molar-refractivity contribution in [3.05, 3.63) is 33.9 Å². The van der Waals surface area contributed by atoms with Crippen LogP contribution in [0.2, 0.25) is 0 Å². The molecule has 5 nitrogen and oxygen atoms in total. The molecule has 1 aromatic rings. The lowest BCUT2D eigenvalue weighted by Crippen LogP contribution is -2.11. The number of carbonyl (C=O) groups excluding carboxylic acids is 1. The topological polar surface area (TPSA) is 69.4 Å². The third-order valence-corrected chi connectivity index (χ3v) is 2.30. The van der Waals surface area contributed by atoms with E-state index in [2.05, 4.69) is 0 Å². The number of benzene rings is 1. The molecule has 0 amide bonds. The molecule has 0 bridgehead atoms. The maximum atomic E-state index is 11.3. The summed E-state index contributed by atoms with van der Waals surface area (Å²) in [4.78, 5) is 21.4. The van der Waals surface area contributed by atoms with Gasteiger partial charge < -0.3 is 4.74 Å². The van der Waals surface area contributed by atoms with Crippen molar-refractivity contribution < 1.29 is 14.5 Å². The van der Waals surface area contributed by atoms with E-state index in [4.69, 9.17) is 4.74 Å². The highest BCUT2D eigenvalue weighted by Crippen LogP contribution is 2.23. The molecule has 0 radical (unpaired) electrons. The van der Waals surface area contributed by atoms with Crippen molar-refractivity contribution in [2.45, 2.75) is 26.7 Å². The van der Waals surface area contributed by atoms with Gasteiger partial charge in [0.15, 0.2) is 5.78 Å². The van der Waals surface area contributed by atoms with Gasteiger partial charge in [-0.05, 0) is 25.0 Å². The van der Waals surface area contributed by atoms with Gasteiger partial charge >= 0.3 is 0 Å². The van der Waals surface area contributed by atoms with Gasteiger partial charge in [-0.25, -0.2) is 0 Å². The number of hydrogen-bond acceptors (Lipinski definition) is 4. The molecule has 0 N–H and O–H groups in total. The first-order valence-corrected chi connectivity index (χ1v) is 5.44. The van der Waals surface area contributed by atoms with Gasteiger partial charge in [0.05, 0.1) is 11.0 Å². The molecule has 0 saturated heterocycles. The van der Waals surface area contributed by atoms with Gasteiger partial charge in [-0.2, -0.15) is 0 Å². The number of ketones is 1. The van der Waals surface area contributed by atoms with E-state index in [1.807, 2.05) is 6.92 Å². The highest BCUT2D eigenvalue weighted by molar-refractivity contribution is 5.79. The predicted octanol–water partition coefficient (Wildman–Crippen LogP) is 2.65. The monoisotopic (exact) mass is 237 g/mol. The summed E-state index contributed by atoms with van der Waals surface area (Å²) in [7, 11) is 0. The normalized spacial score (nSPS) is 10.0. The van der Waals surface area contributed by atoms with Gasteiger partial charge in [0, 0.05) is 12.5 Å². The van der Waals surface area contributed by atoms with Gasteiger partial charge in [-0.3, -0.25) is 14.9 Å². The van der Waals surface area contributed by atoms with Crippen LogP contribution < -0.4 is 4.74 Å². The number of nitrogens with zero attached hydrogens (tertiary/aromatic N) is 1. The van der Waals surface area contributed by atoms with Gasteiger partial charge in [0.1, 0.15) is 12.4 Å². The minimum atomic E-state index is -0.486. The second-order valence-electron chi connectivity index (χ2n) is 3.78. The third-order valence-electron chi connectivity index (χ3n) is 2.30. The average molecular weight is 237 g/mol. The lowest BCUT2D eigenvalue weighted by molar-refractivity contribution is -0.384. The van der Waals surface area contributed by atoms with Crippen LogP contribution in [-0.4, -0.2) is 17.3 Å². The van der Waals surface area contributed by atoms with Crippen LogP contribution in [0.4, 0.5) is 5.69 Å². The first-order valence-electron chi connectivity index (χ1n) is 5.44. The van der Waals surface area contributed by atoms with Crippen LogP contribution in [0.15, 0.2) is 18.2 Å².